The van der Waals surface area contributed by atoms with E-state index in [1.165, 1.54) is 6.20 Å². The van der Waals surface area contributed by atoms with Crippen molar-refractivity contribution in [2.75, 3.05) is 14.2 Å². The maximum atomic E-state index is 12.3. The van der Waals surface area contributed by atoms with Gasteiger partial charge in [-0.25, -0.2) is 4.98 Å². The van der Waals surface area contributed by atoms with Crippen molar-refractivity contribution in [3.8, 4) is 11.8 Å². The van der Waals surface area contributed by atoms with Gasteiger partial charge in [-0.2, -0.15) is 5.26 Å². The molecule has 0 bridgehead atoms. The van der Waals surface area contributed by atoms with E-state index in [1.807, 2.05) is 30.3 Å². The zero-order valence-corrected chi connectivity index (χ0v) is 11.9. The fourth-order valence-electron chi connectivity index (χ4n) is 1.90. The van der Waals surface area contributed by atoms with Crippen LogP contribution in [-0.2, 0) is 6.54 Å². The number of ether oxygens (including phenoxy) is 1. The lowest BCUT2D eigenvalue weighted by molar-refractivity contribution is 0.0779. The second-order valence-electron chi connectivity index (χ2n) is 4.56. The molecule has 1 amide bonds. The van der Waals surface area contributed by atoms with Crippen molar-refractivity contribution in [3.05, 3.63) is 59.4 Å². The van der Waals surface area contributed by atoms with E-state index >= 15 is 0 Å². The average Bonchev–Trinajstić information content (AvgIpc) is 2.54. The molecule has 106 valence electrons. The van der Waals surface area contributed by atoms with Crippen molar-refractivity contribution >= 4 is 5.91 Å². The van der Waals surface area contributed by atoms with Crippen LogP contribution >= 0.6 is 0 Å². The zero-order valence-electron chi connectivity index (χ0n) is 11.9. The van der Waals surface area contributed by atoms with Crippen molar-refractivity contribution in [1.29, 1.82) is 5.26 Å². The monoisotopic (exact) mass is 281 g/mol. The number of aromatic nitrogens is 1. The number of methoxy groups -OCH3 is 1. The molecule has 2 rings (SSSR count). The van der Waals surface area contributed by atoms with Crippen LogP contribution in [0, 0.1) is 11.3 Å². The Kier molecular flexibility index (Phi) is 4.52. The molecule has 21 heavy (non-hydrogen) atoms. The number of pyridine rings is 1. The van der Waals surface area contributed by atoms with Gasteiger partial charge >= 0.3 is 0 Å². The van der Waals surface area contributed by atoms with Crippen molar-refractivity contribution in [2.24, 2.45) is 0 Å². The van der Waals surface area contributed by atoms with Gasteiger partial charge in [-0.1, -0.05) is 12.1 Å². The topological polar surface area (TPSA) is 66.2 Å². The molecule has 0 saturated heterocycles. The highest BCUT2D eigenvalue weighted by Gasteiger charge is 2.13. The second-order valence-corrected chi connectivity index (χ2v) is 4.56. The molecule has 1 aromatic heterocycles. The number of carbonyl (C=O) groups is 1. The molecule has 0 atom stereocenters. The van der Waals surface area contributed by atoms with Crippen molar-refractivity contribution in [1.82, 2.24) is 9.88 Å². The third kappa shape index (κ3) is 3.57. The fraction of sp³-hybridized carbons (Fsp3) is 0.188. The molecule has 1 heterocycles. The van der Waals surface area contributed by atoms with E-state index in [-0.39, 0.29) is 5.91 Å². The summed E-state index contributed by atoms with van der Waals surface area (Å²) in [5.74, 6) is 0.562. The van der Waals surface area contributed by atoms with Crippen LogP contribution in [0.4, 0.5) is 0 Å². The first-order valence-corrected chi connectivity index (χ1v) is 6.38. The Balaban J connectivity index is 2.09. The SMILES string of the molecule is COc1cccc(CN(C)C(=O)c2ccc(C#N)cn2)c1. The lowest BCUT2D eigenvalue weighted by Crippen LogP contribution is -2.27. The molecule has 0 aliphatic carbocycles. The highest BCUT2D eigenvalue weighted by molar-refractivity contribution is 5.92. The van der Waals surface area contributed by atoms with Crippen molar-refractivity contribution < 1.29 is 9.53 Å². The normalized spacial score (nSPS) is 9.76. The van der Waals surface area contributed by atoms with Crippen LogP contribution in [0.1, 0.15) is 21.6 Å². The number of benzene rings is 1. The number of amides is 1. The minimum absolute atomic E-state index is 0.192. The first-order chi connectivity index (χ1) is 10.1. The quantitative estimate of drug-likeness (QED) is 0.862. The summed E-state index contributed by atoms with van der Waals surface area (Å²) >= 11 is 0. The molecule has 0 spiro atoms. The minimum Gasteiger partial charge on any atom is -0.497 e. The molecule has 1 aromatic carbocycles. The van der Waals surface area contributed by atoms with Crippen LogP contribution in [0.3, 0.4) is 0 Å². The summed E-state index contributed by atoms with van der Waals surface area (Å²) in [5, 5.41) is 8.72. The summed E-state index contributed by atoms with van der Waals surface area (Å²) in [6.45, 7) is 0.456. The predicted molar refractivity (Wildman–Crippen MR) is 77.7 cm³/mol. The first-order valence-electron chi connectivity index (χ1n) is 6.38. The lowest BCUT2D eigenvalue weighted by Gasteiger charge is -2.17. The summed E-state index contributed by atoms with van der Waals surface area (Å²) in [5.41, 5.74) is 1.72. The van der Waals surface area contributed by atoms with E-state index in [2.05, 4.69) is 4.98 Å². The van der Waals surface area contributed by atoms with Gasteiger partial charge in [-0.3, -0.25) is 4.79 Å². The maximum Gasteiger partial charge on any atom is 0.272 e. The molecule has 0 aliphatic rings. The largest absolute Gasteiger partial charge is 0.497 e. The van der Waals surface area contributed by atoms with Gasteiger partial charge in [0.15, 0.2) is 0 Å². The number of hydrogen-bond acceptors (Lipinski definition) is 4. The Morgan fingerprint density at radius 1 is 1.38 bits per heavy atom. The maximum absolute atomic E-state index is 12.3. The minimum atomic E-state index is -0.192. The number of nitriles is 1. The summed E-state index contributed by atoms with van der Waals surface area (Å²) in [6.07, 6.45) is 1.40. The van der Waals surface area contributed by atoms with Crippen LogP contribution in [0.2, 0.25) is 0 Å². The van der Waals surface area contributed by atoms with Gasteiger partial charge in [0.2, 0.25) is 0 Å². The number of carbonyl (C=O) groups excluding carboxylic acids is 1. The Hall–Kier alpha value is -2.87. The summed E-state index contributed by atoms with van der Waals surface area (Å²) in [4.78, 5) is 17.8. The molecular weight excluding hydrogens is 266 g/mol. The van der Waals surface area contributed by atoms with Crippen molar-refractivity contribution in [2.45, 2.75) is 6.54 Å². The Bertz CT molecular complexity index is 675. The first kappa shape index (κ1) is 14.5. The van der Waals surface area contributed by atoms with E-state index in [0.29, 0.717) is 17.8 Å². The lowest BCUT2D eigenvalue weighted by atomic mass is 10.2. The van der Waals surface area contributed by atoms with E-state index in [0.717, 1.165) is 11.3 Å². The van der Waals surface area contributed by atoms with Crippen LogP contribution in [-0.4, -0.2) is 29.9 Å². The molecule has 5 heteroatoms. The number of nitrogens with zero attached hydrogens (tertiary/aromatic N) is 3. The molecule has 0 N–H and O–H groups in total. The van der Waals surface area contributed by atoms with Gasteiger partial charge in [0.25, 0.3) is 5.91 Å². The third-order valence-electron chi connectivity index (χ3n) is 3.01. The van der Waals surface area contributed by atoms with Crippen LogP contribution in [0.5, 0.6) is 5.75 Å². The molecule has 0 radical (unpaired) electrons. The molecular formula is C16H15N3O2. The Morgan fingerprint density at radius 2 is 2.19 bits per heavy atom. The zero-order chi connectivity index (χ0) is 15.2. The third-order valence-corrected chi connectivity index (χ3v) is 3.01. The molecule has 0 saturated carbocycles. The van der Waals surface area contributed by atoms with Gasteiger partial charge in [-0.05, 0) is 29.8 Å². The Labute approximate surface area is 123 Å². The highest BCUT2D eigenvalue weighted by atomic mass is 16.5. The second kappa shape index (κ2) is 6.53. The molecule has 2 aromatic rings. The smallest absolute Gasteiger partial charge is 0.272 e. The molecule has 0 unspecified atom stereocenters. The molecule has 5 nitrogen and oxygen atoms in total. The van der Waals surface area contributed by atoms with E-state index < -0.39 is 0 Å². The Morgan fingerprint density at radius 3 is 2.81 bits per heavy atom. The predicted octanol–water partition coefficient (Wildman–Crippen LogP) is 2.23. The van der Waals surface area contributed by atoms with Crippen molar-refractivity contribution in [3.63, 3.8) is 0 Å². The summed E-state index contributed by atoms with van der Waals surface area (Å²) in [7, 11) is 3.32. The van der Waals surface area contributed by atoms with Crippen LogP contribution in [0.15, 0.2) is 42.6 Å². The van der Waals surface area contributed by atoms with Gasteiger partial charge in [0.05, 0.1) is 12.7 Å². The number of rotatable bonds is 4. The van der Waals surface area contributed by atoms with E-state index in [4.69, 9.17) is 10.00 Å². The molecule has 0 fully saturated rings. The average molecular weight is 281 g/mol. The standard InChI is InChI=1S/C16H15N3O2/c1-19(11-12-4-3-5-14(8-12)21-2)16(20)15-7-6-13(9-17)10-18-15/h3-8,10H,11H2,1-2H3. The fourth-order valence-corrected chi connectivity index (χ4v) is 1.90. The van der Waals surface area contributed by atoms with E-state index in [9.17, 15) is 4.79 Å². The number of hydrogen-bond donors (Lipinski definition) is 0. The highest BCUT2D eigenvalue weighted by Crippen LogP contribution is 2.14. The summed E-state index contributed by atoms with van der Waals surface area (Å²) < 4.78 is 5.16. The van der Waals surface area contributed by atoms with Crippen LogP contribution in [0.25, 0.3) is 0 Å². The van der Waals surface area contributed by atoms with Gasteiger partial charge in [0.1, 0.15) is 17.5 Å². The van der Waals surface area contributed by atoms with Gasteiger partial charge in [-0.15, -0.1) is 0 Å². The molecule has 0 aliphatic heterocycles. The summed E-state index contributed by atoms with van der Waals surface area (Å²) in [6, 6.07) is 12.7. The van der Waals surface area contributed by atoms with E-state index in [1.54, 1.807) is 31.2 Å². The van der Waals surface area contributed by atoms with Gasteiger partial charge < -0.3 is 9.64 Å². The van der Waals surface area contributed by atoms with Crippen LogP contribution < -0.4 is 4.74 Å². The van der Waals surface area contributed by atoms with Gasteiger partial charge in [0, 0.05) is 19.8 Å².